The molecule has 0 unspecified atom stereocenters. The van der Waals surface area contributed by atoms with E-state index in [1.165, 1.54) is 29.3 Å². The van der Waals surface area contributed by atoms with E-state index in [1.807, 2.05) is 25.3 Å². The zero-order chi connectivity index (χ0) is 21.1. The van der Waals surface area contributed by atoms with E-state index in [4.69, 9.17) is 22.8 Å². The number of pyridine rings is 1. The molecule has 0 spiro atoms. The van der Waals surface area contributed by atoms with Gasteiger partial charge in [-0.2, -0.15) is 4.39 Å². The number of thiazole rings is 1. The number of rotatable bonds is 8. The van der Waals surface area contributed by atoms with E-state index in [1.54, 1.807) is 6.07 Å². The molecule has 1 saturated heterocycles. The van der Waals surface area contributed by atoms with Crippen LogP contribution in [-0.2, 0) is 11.3 Å². The normalized spacial score (nSPS) is 13.7. The molecule has 0 aliphatic carbocycles. The molecule has 0 bridgehead atoms. The number of allylic oxidation sites excluding steroid dienone is 1. The Labute approximate surface area is 229 Å². The number of piperidine rings is 1. The number of nitrogens with two attached hydrogens (primary N) is 1. The van der Waals surface area contributed by atoms with Crippen LogP contribution < -0.4 is 62.0 Å². The fourth-order valence-corrected chi connectivity index (χ4v) is 3.79. The van der Waals surface area contributed by atoms with Crippen molar-refractivity contribution < 1.29 is 60.6 Å². The molecule has 6 nitrogen and oxygen atoms in total. The molecule has 0 atom stereocenters. The van der Waals surface area contributed by atoms with Crippen LogP contribution >= 0.6 is 23.6 Å². The molecule has 30 heavy (non-hydrogen) atoms. The molecule has 2 aromatic rings. The van der Waals surface area contributed by atoms with E-state index in [0.717, 1.165) is 31.6 Å². The van der Waals surface area contributed by atoms with E-state index in [2.05, 4.69) is 20.3 Å². The quantitative estimate of drug-likeness (QED) is 0.120. The number of hydroxylamine groups is 1. The third kappa shape index (κ3) is 8.23. The number of hydrogen-bond donors (Lipinski definition) is 1. The molecule has 2 aromatic heterocycles. The topological polar surface area (TPSA) is 78.4 Å². The number of hydrogen-bond acceptors (Lipinski definition) is 7. The third-order valence-electron chi connectivity index (χ3n) is 4.21. The summed E-state index contributed by atoms with van der Waals surface area (Å²) in [6, 6.07) is 3.64. The van der Waals surface area contributed by atoms with Crippen molar-refractivity contribution in [1.29, 1.82) is 0 Å². The summed E-state index contributed by atoms with van der Waals surface area (Å²) in [5.74, 6) is 0.544. The average Bonchev–Trinajstić information content (AvgIpc) is 3.24. The predicted octanol–water partition coefficient (Wildman–Crippen LogP) is 2.01. The van der Waals surface area contributed by atoms with E-state index < -0.39 is 5.95 Å². The van der Waals surface area contributed by atoms with Gasteiger partial charge in [0.2, 0.25) is 5.95 Å². The van der Waals surface area contributed by atoms with Gasteiger partial charge in [0.05, 0.1) is 11.3 Å². The molecule has 1 aliphatic heterocycles. The number of thiocarbonyl (C=S) groups is 1. The van der Waals surface area contributed by atoms with E-state index in [9.17, 15) is 4.39 Å². The van der Waals surface area contributed by atoms with Gasteiger partial charge < -0.3 is 21.0 Å². The summed E-state index contributed by atoms with van der Waals surface area (Å²) in [6.07, 6.45) is 5.31. The first kappa shape index (κ1) is 27.6. The first-order valence-corrected chi connectivity index (χ1v) is 11.1. The van der Waals surface area contributed by atoms with Gasteiger partial charge in [0.1, 0.15) is 16.6 Å². The Morgan fingerprint density at radius 2 is 2.03 bits per heavy atom. The summed E-state index contributed by atoms with van der Waals surface area (Å²) in [4.78, 5) is 15.8. The standard InChI is InChI=1S/C18H21FN5OS2.C2H6.K/c19-17-15(4-5-16(23-17)24-8-2-1-3-9-24)18-22-13(12-27-18)6-7-21-25-14(10-20)11-26;1-2;/h4-5,10-12H,1-3,6-9,20H2;1-2H3;/q-1;;+1/b14-10+;;. The Balaban J connectivity index is 0.00000146. The average molecular weight is 476 g/mol. The molecule has 0 radical (unpaired) electrons. The van der Waals surface area contributed by atoms with Crippen molar-refractivity contribution in [2.24, 2.45) is 5.73 Å². The second-order valence-corrected chi connectivity index (χ2v) is 7.17. The maximum absolute atomic E-state index is 14.5. The van der Waals surface area contributed by atoms with Gasteiger partial charge in [-0.3, -0.25) is 0 Å². The summed E-state index contributed by atoms with van der Waals surface area (Å²) >= 11 is 6.11. The van der Waals surface area contributed by atoms with Crippen molar-refractivity contribution >= 4 is 34.7 Å². The van der Waals surface area contributed by atoms with Crippen LogP contribution in [0.2, 0.25) is 0 Å². The monoisotopic (exact) mass is 475 g/mol. The van der Waals surface area contributed by atoms with Crippen molar-refractivity contribution in [1.82, 2.24) is 9.97 Å². The van der Waals surface area contributed by atoms with Crippen LogP contribution in [0, 0.1) is 5.95 Å². The first-order chi connectivity index (χ1) is 14.2. The number of halogens is 1. The second kappa shape index (κ2) is 15.4. The summed E-state index contributed by atoms with van der Waals surface area (Å²) in [6.45, 7) is 6.27. The van der Waals surface area contributed by atoms with Crippen molar-refractivity contribution in [3.05, 3.63) is 46.6 Å². The first-order valence-electron chi connectivity index (χ1n) is 9.78. The summed E-state index contributed by atoms with van der Waals surface area (Å²) in [7, 11) is 0. The molecular weight excluding hydrogens is 448 g/mol. The van der Waals surface area contributed by atoms with Crippen LogP contribution in [-0.4, -0.2) is 35.0 Å². The molecule has 0 aromatic carbocycles. The molecule has 0 amide bonds. The van der Waals surface area contributed by atoms with Crippen molar-refractivity contribution in [3.8, 4) is 10.6 Å². The van der Waals surface area contributed by atoms with Crippen LogP contribution in [0.5, 0.6) is 0 Å². The molecule has 3 heterocycles. The Bertz CT molecular complexity index is 812. The van der Waals surface area contributed by atoms with Gasteiger partial charge in [-0.25, -0.2) is 9.97 Å². The van der Waals surface area contributed by atoms with Crippen LogP contribution in [0.1, 0.15) is 38.8 Å². The fraction of sp³-hybridized carbons (Fsp3) is 0.450. The van der Waals surface area contributed by atoms with Crippen LogP contribution in [0.3, 0.4) is 0 Å². The van der Waals surface area contributed by atoms with Gasteiger partial charge >= 0.3 is 51.4 Å². The molecule has 10 heteroatoms. The molecule has 3 rings (SSSR count). The minimum absolute atomic E-state index is 0. The Morgan fingerprint density at radius 1 is 1.30 bits per heavy atom. The van der Waals surface area contributed by atoms with Gasteiger partial charge in [-0.15, -0.1) is 17.9 Å². The molecule has 1 fully saturated rings. The smallest absolute Gasteiger partial charge is 0.586 e. The summed E-state index contributed by atoms with van der Waals surface area (Å²) in [5, 5.41) is 3.82. The number of anilines is 1. The summed E-state index contributed by atoms with van der Waals surface area (Å²) in [5.41, 5.74) is 10.5. The Hall–Kier alpha value is -0.464. The van der Waals surface area contributed by atoms with E-state index in [-0.39, 0.29) is 51.4 Å². The summed E-state index contributed by atoms with van der Waals surface area (Å²) < 4.78 is 14.5. The van der Waals surface area contributed by atoms with E-state index >= 15 is 0 Å². The molecule has 0 saturated carbocycles. The van der Waals surface area contributed by atoms with Gasteiger partial charge in [-0.1, -0.05) is 26.1 Å². The second-order valence-electron chi connectivity index (χ2n) is 6.08. The zero-order valence-corrected chi connectivity index (χ0v) is 22.6. The predicted molar refractivity (Wildman–Crippen MR) is 122 cm³/mol. The zero-order valence-electron chi connectivity index (χ0n) is 17.8. The van der Waals surface area contributed by atoms with Crippen LogP contribution in [0.25, 0.3) is 16.1 Å². The van der Waals surface area contributed by atoms with Gasteiger partial charge in [0.15, 0.2) is 0 Å². The molecular formula is C20H27FKN5OS2. The largest absolute Gasteiger partial charge is 1.00 e. The fourth-order valence-electron chi connectivity index (χ4n) is 2.80. The SMILES string of the molecule is CC.N/C=C(\C=S)O[N-]CCc1csc(-c2ccc(N3CCCCC3)nc2F)n1.[K+]. The van der Waals surface area contributed by atoms with Crippen molar-refractivity contribution in [2.75, 3.05) is 24.5 Å². The Morgan fingerprint density at radius 3 is 2.67 bits per heavy atom. The molecule has 158 valence electrons. The minimum atomic E-state index is -0.481. The minimum Gasteiger partial charge on any atom is -0.586 e. The molecule has 1 aliphatic rings. The van der Waals surface area contributed by atoms with Crippen LogP contribution in [0.15, 0.2) is 29.5 Å². The van der Waals surface area contributed by atoms with E-state index in [0.29, 0.717) is 35.1 Å². The maximum atomic E-state index is 14.5. The van der Waals surface area contributed by atoms with Gasteiger partial charge in [0, 0.05) is 30.0 Å². The van der Waals surface area contributed by atoms with Gasteiger partial charge in [0.25, 0.3) is 0 Å². The number of aromatic nitrogens is 2. The maximum Gasteiger partial charge on any atom is 1.00 e. The molecule has 2 N–H and O–H groups in total. The van der Waals surface area contributed by atoms with Crippen molar-refractivity contribution in [3.63, 3.8) is 0 Å². The third-order valence-corrected chi connectivity index (χ3v) is 5.36. The van der Waals surface area contributed by atoms with Crippen molar-refractivity contribution in [2.45, 2.75) is 39.5 Å². The van der Waals surface area contributed by atoms with Gasteiger partial charge in [-0.05, 0) is 37.8 Å². The Kier molecular flexibility index (Phi) is 14.1. The number of nitrogens with zero attached hydrogens (tertiary/aromatic N) is 4. The van der Waals surface area contributed by atoms with Crippen LogP contribution in [0.4, 0.5) is 10.2 Å².